The van der Waals surface area contributed by atoms with Crippen molar-refractivity contribution in [1.82, 2.24) is 4.90 Å². The van der Waals surface area contributed by atoms with E-state index in [4.69, 9.17) is 5.73 Å². The molecular formula is C14H20N2. The van der Waals surface area contributed by atoms with E-state index in [0.29, 0.717) is 5.92 Å². The number of rotatable bonds is 4. The van der Waals surface area contributed by atoms with Crippen LogP contribution in [0.25, 0.3) is 0 Å². The second kappa shape index (κ2) is 5.28. The molecule has 0 saturated heterocycles. The van der Waals surface area contributed by atoms with E-state index in [2.05, 4.69) is 54.4 Å². The van der Waals surface area contributed by atoms with Crippen molar-refractivity contribution in [3.8, 4) is 0 Å². The van der Waals surface area contributed by atoms with Gasteiger partial charge in [-0.1, -0.05) is 42.5 Å². The molecule has 0 aromatic heterocycles. The first-order valence-corrected chi connectivity index (χ1v) is 5.90. The molecule has 2 N–H and O–H groups in total. The Balaban J connectivity index is 1.81. The number of benzene rings is 1. The summed E-state index contributed by atoms with van der Waals surface area (Å²) < 4.78 is 0. The monoisotopic (exact) mass is 216 g/mol. The van der Waals surface area contributed by atoms with Gasteiger partial charge in [-0.15, -0.1) is 0 Å². The third kappa shape index (κ3) is 3.19. The predicted octanol–water partition coefficient (Wildman–Crippen LogP) is 2.02. The van der Waals surface area contributed by atoms with Gasteiger partial charge in [0.15, 0.2) is 0 Å². The van der Waals surface area contributed by atoms with Gasteiger partial charge in [0.25, 0.3) is 0 Å². The summed E-state index contributed by atoms with van der Waals surface area (Å²) in [6, 6.07) is 10.9. The lowest BCUT2D eigenvalue weighted by atomic mass is 10.1. The van der Waals surface area contributed by atoms with Crippen molar-refractivity contribution < 1.29 is 0 Å². The standard InChI is InChI=1S/C14H20N2/c1-16(10-12-5-3-2-4-6-12)11-13-7-8-14(15)9-13/h2-8,13-14H,9-11,15H2,1H3. The van der Waals surface area contributed by atoms with Crippen molar-refractivity contribution in [1.29, 1.82) is 0 Å². The minimum atomic E-state index is 0.273. The van der Waals surface area contributed by atoms with Crippen molar-refractivity contribution >= 4 is 0 Å². The maximum absolute atomic E-state index is 5.85. The Labute approximate surface area is 97.8 Å². The van der Waals surface area contributed by atoms with Crippen molar-refractivity contribution in [3.05, 3.63) is 48.0 Å². The van der Waals surface area contributed by atoms with Crippen LogP contribution in [0.2, 0.25) is 0 Å². The smallest absolute Gasteiger partial charge is 0.0230 e. The van der Waals surface area contributed by atoms with Crippen LogP contribution in [0.15, 0.2) is 42.5 Å². The van der Waals surface area contributed by atoms with Gasteiger partial charge >= 0.3 is 0 Å². The van der Waals surface area contributed by atoms with Gasteiger partial charge in [-0.3, -0.25) is 0 Å². The molecule has 2 unspecified atom stereocenters. The third-order valence-corrected chi connectivity index (χ3v) is 3.05. The molecule has 2 rings (SSSR count). The molecule has 0 fully saturated rings. The summed E-state index contributed by atoms with van der Waals surface area (Å²) in [4.78, 5) is 2.36. The number of nitrogens with zero attached hydrogens (tertiary/aromatic N) is 1. The van der Waals surface area contributed by atoms with E-state index in [1.54, 1.807) is 0 Å². The molecule has 1 aliphatic rings. The molecule has 86 valence electrons. The van der Waals surface area contributed by atoms with Crippen LogP contribution in [0.4, 0.5) is 0 Å². The lowest BCUT2D eigenvalue weighted by Crippen LogP contribution is -2.25. The normalized spacial score (nSPS) is 24.2. The number of hydrogen-bond acceptors (Lipinski definition) is 2. The van der Waals surface area contributed by atoms with Gasteiger partial charge < -0.3 is 10.6 Å². The van der Waals surface area contributed by atoms with Crippen LogP contribution in [-0.4, -0.2) is 24.5 Å². The molecule has 0 spiro atoms. The first kappa shape index (κ1) is 11.4. The van der Waals surface area contributed by atoms with Crippen LogP contribution in [0.3, 0.4) is 0 Å². The molecule has 1 aromatic rings. The zero-order valence-electron chi connectivity index (χ0n) is 9.84. The molecule has 0 aliphatic heterocycles. The Morgan fingerprint density at radius 3 is 2.62 bits per heavy atom. The van der Waals surface area contributed by atoms with Gasteiger partial charge in [0, 0.05) is 19.1 Å². The zero-order valence-corrected chi connectivity index (χ0v) is 9.84. The molecule has 0 saturated carbocycles. The maximum Gasteiger partial charge on any atom is 0.0230 e. The number of hydrogen-bond donors (Lipinski definition) is 1. The van der Waals surface area contributed by atoms with Crippen LogP contribution in [-0.2, 0) is 6.54 Å². The molecular weight excluding hydrogens is 196 g/mol. The van der Waals surface area contributed by atoms with Gasteiger partial charge in [0.2, 0.25) is 0 Å². The molecule has 0 heterocycles. The maximum atomic E-state index is 5.85. The summed E-state index contributed by atoms with van der Waals surface area (Å²) in [5.74, 6) is 0.628. The minimum absolute atomic E-state index is 0.273. The van der Waals surface area contributed by atoms with Crippen molar-refractivity contribution in [3.63, 3.8) is 0 Å². The van der Waals surface area contributed by atoms with E-state index in [1.165, 1.54) is 5.56 Å². The average Bonchev–Trinajstić information content (AvgIpc) is 2.65. The average molecular weight is 216 g/mol. The van der Waals surface area contributed by atoms with Crippen LogP contribution in [0, 0.1) is 5.92 Å². The highest BCUT2D eigenvalue weighted by Gasteiger charge is 2.16. The highest BCUT2D eigenvalue weighted by atomic mass is 15.1. The Kier molecular flexibility index (Phi) is 3.75. The fourth-order valence-electron chi connectivity index (χ4n) is 2.30. The first-order chi connectivity index (χ1) is 7.74. The highest BCUT2D eigenvalue weighted by Crippen LogP contribution is 2.17. The Bertz CT molecular complexity index is 345. The summed E-state index contributed by atoms with van der Waals surface area (Å²) in [7, 11) is 2.17. The van der Waals surface area contributed by atoms with E-state index in [0.717, 1.165) is 19.5 Å². The van der Waals surface area contributed by atoms with Crippen molar-refractivity contribution in [2.24, 2.45) is 11.7 Å². The van der Waals surface area contributed by atoms with Crippen molar-refractivity contribution in [2.45, 2.75) is 19.0 Å². The topological polar surface area (TPSA) is 29.3 Å². The lowest BCUT2D eigenvalue weighted by Gasteiger charge is -2.20. The molecule has 0 bridgehead atoms. The summed E-state index contributed by atoms with van der Waals surface area (Å²) in [6.07, 6.45) is 5.48. The van der Waals surface area contributed by atoms with E-state index in [1.807, 2.05) is 0 Å². The SMILES string of the molecule is CN(Cc1ccccc1)CC1C=CC(N)C1. The Morgan fingerprint density at radius 1 is 1.25 bits per heavy atom. The van der Waals surface area contributed by atoms with E-state index >= 15 is 0 Å². The van der Waals surface area contributed by atoms with E-state index in [-0.39, 0.29) is 6.04 Å². The molecule has 2 atom stereocenters. The third-order valence-electron chi connectivity index (χ3n) is 3.05. The Morgan fingerprint density at radius 2 is 2.00 bits per heavy atom. The summed E-state index contributed by atoms with van der Waals surface area (Å²) in [5.41, 5.74) is 7.22. The highest BCUT2D eigenvalue weighted by molar-refractivity contribution is 5.14. The van der Waals surface area contributed by atoms with E-state index < -0.39 is 0 Å². The zero-order chi connectivity index (χ0) is 11.4. The van der Waals surface area contributed by atoms with Gasteiger partial charge in [-0.2, -0.15) is 0 Å². The summed E-state index contributed by atoms with van der Waals surface area (Å²) in [6.45, 7) is 2.11. The molecule has 1 aromatic carbocycles. The minimum Gasteiger partial charge on any atom is -0.324 e. The second-order valence-corrected chi connectivity index (χ2v) is 4.73. The fourth-order valence-corrected chi connectivity index (χ4v) is 2.30. The fraction of sp³-hybridized carbons (Fsp3) is 0.429. The van der Waals surface area contributed by atoms with E-state index in [9.17, 15) is 0 Å². The Hall–Kier alpha value is -1.12. The molecule has 0 amide bonds. The predicted molar refractivity (Wildman–Crippen MR) is 68.0 cm³/mol. The molecule has 2 nitrogen and oxygen atoms in total. The second-order valence-electron chi connectivity index (χ2n) is 4.73. The van der Waals surface area contributed by atoms with Gasteiger partial charge in [-0.25, -0.2) is 0 Å². The van der Waals surface area contributed by atoms with Gasteiger partial charge in [0.1, 0.15) is 0 Å². The van der Waals surface area contributed by atoms with Gasteiger partial charge in [-0.05, 0) is 24.9 Å². The summed E-state index contributed by atoms with van der Waals surface area (Å²) >= 11 is 0. The summed E-state index contributed by atoms with van der Waals surface area (Å²) in [5, 5.41) is 0. The molecule has 0 radical (unpaired) electrons. The van der Waals surface area contributed by atoms with Crippen molar-refractivity contribution in [2.75, 3.05) is 13.6 Å². The van der Waals surface area contributed by atoms with Crippen LogP contribution >= 0.6 is 0 Å². The molecule has 16 heavy (non-hydrogen) atoms. The van der Waals surface area contributed by atoms with Crippen LogP contribution in [0.1, 0.15) is 12.0 Å². The quantitative estimate of drug-likeness (QED) is 0.780. The van der Waals surface area contributed by atoms with Gasteiger partial charge in [0.05, 0.1) is 0 Å². The van der Waals surface area contributed by atoms with Crippen LogP contribution < -0.4 is 5.73 Å². The molecule has 1 aliphatic carbocycles. The first-order valence-electron chi connectivity index (χ1n) is 5.90. The van der Waals surface area contributed by atoms with Crippen LogP contribution in [0.5, 0.6) is 0 Å². The lowest BCUT2D eigenvalue weighted by molar-refractivity contribution is 0.288. The number of nitrogens with two attached hydrogens (primary N) is 1. The molecule has 2 heteroatoms. The largest absolute Gasteiger partial charge is 0.324 e.